The summed E-state index contributed by atoms with van der Waals surface area (Å²) in [7, 11) is 2.03. The minimum absolute atomic E-state index is 0.0786. The number of unbranched alkanes of at least 4 members (excludes halogenated alkanes) is 1. The molecule has 0 aromatic heterocycles. The van der Waals surface area contributed by atoms with Gasteiger partial charge in [-0.3, -0.25) is 14.7 Å². The van der Waals surface area contributed by atoms with Crippen molar-refractivity contribution in [3.8, 4) is 0 Å². The lowest BCUT2D eigenvalue weighted by atomic mass is 10.3. The topological polar surface area (TPSA) is 35.9 Å². The number of benzene rings is 1. The quantitative estimate of drug-likeness (QED) is 0.605. The first kappa shape index (κ1) is 16.5. The van der Waals surface area contributed by atoms with Crippen LogP contribution in [0.1, 0.15) is 26.7 Å². The second-order valence-corrected chi connectivity index (χ2v) is 7.44. The molecule has 0 unspecified atom stereocenters. The average Bonchev–Trinajstić information content (AvgIpc) is 3.05. The highest BCUT2D eigenvalue weighted by atomic mass is 32.2. The van der Waals surface area contributed by atoms with Crippen LogP contribution in [0.5, 0.6) is 0 Å². The van der Waals surface area contributed by atoms with E-state index in [1.54, 1.807) is 16.7 Å². The summed E-state index contributed by atoms with van der Waals surface area (Å²) >= 11 is 3.19. The molecule has 0 aliphatic carbocycles. The Kier molecular flexibility index (Phi) is 5.02. The van der Waals surface area contributed by atoms with E-state index in [1.165, 1.54) is 16.7 Å². The number of hydrogen-bond acceptors (Lipinski definition) is 5. The van der Waals surface area contributed by atoms with Crippen molar-refractivity contribution in [1.29, 1.82) is 0 Å². The number of amidine groups is 1. The first-order chi connectivity index (χ1) is 11.2. The van der Waals surface area contributed by atoms with Gasteiger partial charge in [0.1, 0.15) is 4.91 Å². The van der Waals surface area contributed by atoms with Gasteiger partial charge < -0.3 is 4.90 Å². The molecule has 0 saturated carbocycles. The molecule has 1 aromatic rings. The Bertz CT molecular complexity index is 684. The number of carbonyl (C=O) groups excluding carboxylic acids is 1. The van der Waals surface area contributed by atoms with E-state index in [4.69, 9.17) is 0 Å². The van der Waals surface area contributed by atoms with E-state index in [1.807, 2.05) is 26.1 Å². The van der Waals surface area contributed by atoms with Crippen LogP contribution >= 0.6 is 23.5 Å². The van der Waals surface area contributed by atoms with Gasteiger partial charge in [-0.15, -0.1) is 0 Å². The van der Waals surface area contributed by atoms with Gasteiger partial charge in [-0.25, -0.2) is 0 Å². The maximum Gasteiger partial charge on any atom is 0.269 e. The van der Waals surface area contributed by atoms with Crippen LogP contribution in [0, 0.1) is 0 Å². The van der Waals surface area contributed by atoms with Gasteiger partial charge in [-0.05, 0) is 37.2 Å². The van der Waals surface area contributed by atoms with Crippen molar-refractivity contribution in [2.75, 3.05) is 25.0 Å². The standard InChI is InChI=1S/C17H21N3OS2/c1-4-6-11-18-17-20(5-2)15(21)14(23-17)16-19(3)12-9-7-8-10-13(12)22-16/h7-10H,4-6,11H2,1-3H3/b16-14+,18-17-. The Morgan fingerprint density at radius 1 is 1.17 bits per heavy atom. The lowest BCUT2D eigenvalue weighted by Crippen LogP contribution is -2.29. The maximum absolute atomic E-state index is 12.8. The average molecular weight is 348 g/mol. The van der Waals surface area contributed by atoms with Crippen LogP contribution in [0.3, 0.4) is 0 Å². The molecule has 2 heterocycles. The number of amides is 1. The number of likely N-dealkylation sites (N-methyl/N-ethyl adjacent to an activating group) is 1. The normalized spacial score (nSPS) is 22.4. The fourth-order valence-electron chi connectivity index (χ4n) is 2.57. The molecule has 6 heteroatoms. The number of anilines is 1. The van der Waals surface area contributed by atoms with Crippen molar-refractivity contribution in [2.24, 2.45) is 4.99 Å². The Morgan fingerprint density at radius 2 is 1.96 bits per heavy atom. The highest BCUT2D eigenvalue weighted by Gasteiger charge is 2.38. The monoisotopic (exact) mass is 347 g/mol. The maximum atomic E-state index is 12.8. The summed E-state index contributed by atoms with van der Waals surface area (Å²) in [6.45, 7) is 5.60. The number of para-hydroxylation sites is 1. The van der Waals surface area contributed by atoms with E-state index in [2.05, 4.69) is 28.9 Å². The SMILES string of the molecule is CCCC/N=C1\S/C(=C2/Sc3ccccc3N2C)C(=O)N1CC. The molecule has 2 aliphatic rings. The fourth-order valence-corrected chi connectivity index (χ4v) is 4.98. The predicted molar refractivity (Wildman–Crippen MR) is 99.9 cm³/mol. The highest BCUT2D eigenvalue weighted by Crippen LogP contribution is 2.49. The van der Waals surface area contributed by atoms with Crippen molar-refractivity contribution in [1.82, 2.24) is 4.90 Å². The Morgan fingerprint density at radius 3 is 2.65 bits per heavy atom. The molecule has 1 aromatic carbocycles. The van der Waals surface area contributed by atoms with Gasteiger partial charge >= 0.3 is 0 Å². The molecule has 3 rings (SSSR count). The molecule has 0 bridgehead atoms. The zero-order valence-electron chi connectivity index (χ0n) is 13.7. The summed E-state index contributed by atoms with van der Waals surface area (Å²) in [6, 6.07) is 8.26. The molecule has 122 valence electrons. The van der Waals surface area contributed by atoms with Crippen molar-refractivity contribution in [2.45, 2.75) is 31.6 Å². The summed E-state index contributed by atoms with van der Waals surface area (Å²) in [5.41, 5.74) is 1.16. The largest absolute Gasteiger partial charge is 0.337 e. The smallest absolute Gasteiger partial charge is 0.269 e. The molecule has 0 spiro atoms. The minimum Gasteiger partial charge on any atom is -0.337 e. The summed E-state index contributed by atoms with van der Waals surface area (Å²) in [5, 5.41) is 1.86. The van der Waals surface area contributed by atoms with E-state index in [0.717, 1.165) is 40.2 Å². The molecule has 1 saturated heterocycles. The Hall–Kier alpha value is -1.40. The lowest BCUT2D eigenvalue weighted by molar-refractivity contribution is -0.122. The van der Waals surface area contributed by atoms with E-state index in [0.29, 0.717) is 6.54 Å². The Balaban J connectivity index is 1.92. The predicted octanol–water partition coefficient (Wildman–Crippen LogP) is 4.15. The number of aliphatic imine (C=N–C) groups is 1. The van der Waals surface area contributed by atoms with Crippen molar-refractivity contribution >= 4 is 40.3 Å². The second kappa shape index (κ2) is 7.01. The molecular weight excluding hydrogens is 326 g/mol. The lowest BCUT2D eigenvalue weighted by Gasteiger charge is -2.15. The van der Waals surface area contributed by atoms with Gasteiger partial charge in [0, 0.05) is 25.0 Å². The van der Waals surface area contributed by atoms with Gasteiger partial charge in [0.2, 0.25) is 0 Å². The summed E-state index contributed by atoms with van der Waals surface area (Å²) in [5.74, 6) is 0.0786. The molecule has 1 fully saturated rings. The van der Waals surface area contributed by atoms with Crippen LogP contribution < -0.4 is 4.90 Å². The number of rotatable bonds is 4. The summed E-state index contributed by atoms with van der Waals surface area (Å²) < 4.78 is 0. The number of nitrogens with zero attached hydrogens (tertiary/aromatic N) is 3. The third-order valence-electron chi connectivity index (χ3n) is 3.87. The van der Waals surface area contributed by atoms with Crippen LogP contribution in [0.25, 0.3) is 0 Å². The summed E-state index contributed by atoms with van der Waals surface area (Å²) in [6.07, 6.45) is 2.17. The summed E-state index contributed by atoms with van der Waals surface area (Å²) in [4.78, 5) is 23.3. The minimum atomic E-state index is 0.0786. The fraction of sp³-hybridized carbons (Fsp3) is 0.412. The van der Waals surface area contributed by atoms with Crippen LogP contribution in [-0.4, -0.2) is 36.1 Å². The van der Waals surface area contributed by atoms with Crippen molar-refractivity contribution in [3.63, 3.8) is 0 Å². The van der Waals surface area contributed by atoms with Crippen molar-refractivity contribution < 1.29 is 4.79 Å². The molecule has 4 nitrogen and oxygen atoms in total. The van der Waals surface area contributed by atoms with Crippen molar-refractivity contribution in [3.05, 3.63) is 34.2 Å². The van der Waals surface area contributed by atoms with Crippen LogP contribution in [0.4, 0.5) is 5.69 Å². The number of carbonyl (C=O) groups is 1. The highest BCUT2D eigenvalue weighted by molar-refractivity contribution is 8.19. The molecule has 1 amide bonds. The van der Waals surface area contributed by atoms with E-state index in [-0.39, 0.29) is 5.91 Å². The van der Waals surface area contributed by atoms with Gasteiger partial charge in [0.05, 0.1) is 10.7 Å². The van der Waals surface area contributed by atoms with Gasteiger partial charge in [0.25, 0.3) is 5.91 Å². The zero-order valence-corrected chi connectivity index (χ0v) is 15.3. The van der Waals surface area contributed by atoms with E-state index >= 15 is 0 Å². The van der Waals surface area contributed by atoms with Crippen LogP contribution in [0.15, 0.2) is 44.1 Å². The Labute approximate surface area is 146 Å². The second-order valence-electron chi connectivity index (χ2n) is 5.43. The van der Waals surface area contributed by atoms with Gasteiger partial charge in [0.15, 0.2) is 5.17 Å². The van der Waals surface area contributed by atoms with Gasteiger partial charge in [-0.2, -0.15) is 0 Å². The molecule has 0 N–H and O–H groups in total. The van der Waals surface area contributed by atoms with Crippen LogP contribution in [-0.2, 0) is 4.79 Å². The third-order valence-corrected chi connectivity index (χ3v) is 6.34. The zero-order chi connectivity index (χ0) is 16.4. The molecule has 0 radical (unpaired) electrons. The third kappa shape index (κ3) is 3.02. The molecular formula is C17H21N3OS2. The molecule has 23 heavy (non-hydrogen) atoms. The van der Waals surface area contributed by atoms with Gasteiger partial charge in [-0.1, -0.05) is 37.2 Å². The van der Waals surface area contributed by atoms with E-state index in [9.17, 15) is 4.79 Å². The number of thioether (sulfide) groups is 2. The van der Waals surface area contributed by atoms with E-state index < -0.39 is 0 Å². The van der Waals surface area contributed by atoms with Crippen LogP contribution in [0.2, 0.25) is 0 Å². The first-order valence-corrected chi connectivity index (χ1v) is 9.59. The molecule has 0 atom stereocenters. The number of hydrogen-bond donors (Lipinski definition) is 0. The molecule has 2 aliphatic heterocycles. The number of fused-ring (bicyclic) bond motifs is 1. The first-order valence-electron chi connectivity index (χ1n) is 7.96.